The minimum atomic E-state index is -5.10. The van der Waals surface area contributed by atoms with E-state index in [1.54, 1.807) is 41.5 Å². The number of hydrogen-bond donors (Lipinski definition) is 1. The van der Waals surface area contributed by atoms with Gasteiger partial charge in [-0.25, -0.2) is 0 Å². The van der Waals surface area contributed by atoms with Crippen LogP contribution in [-0.2, 0) is 38.7 Å². The third-order valence-electron chi connectivity index (χ3n) is 3.57. The molecule has 182 valence electrons. The van der Waals surface area contributed by atoms with Gasteiger partial charge in [0.1, 0.15) is 0 Å². The summed E-state index contributed by atoms with van der Waals surface area (Å²) in [5, 5.41) is -2.32. The third-order valence-corrected chi connectivity index (χ3v) is 4.73. The zero-order valence-corrected chi connectivity index (χ0v) is 20.9. The molecule has 0 saturated heterocycles. The summed E-state index contributed by atoms with van der Waals surface area (Å²) in [4.78, 5) is 37.6. The average Bonchev–Trinajstić information content (AvgIpc) is 2.52. The van der Waals surface area contributed by atoms with Crippen LogP contribution in [-0.4, -0.2) is 55.9 Å². The van der Waals surface area contributed by atoms with Gasteiger partial charge in [0, 0.05) is 0 Å². The molecular weight excluding hydrogens is 428 g/mol. The Hall–Kier alpha value is -1.68. The van der Waals surface area contributed by atoms with E-state index in [1.165, 1.54) is 0 Å². The van der Waals surface area contributed by atoms with Crippen LogP contribution in [0.5, 0.6) is 0 Å². The molecule has 0 bridgehead atoms. The summed E-state index contributed by atoms with van der Waals surface area (Å²) < 4.78 is 49.1. The highest BCUT2D eigenvalue weighted by Crippen LogP contribution is 2.24. The van der Waals surface area contributed by atoms with Gasteiger partial charge in [0.15, 0.2) is 5.25 Å². The Morgan fingerprint density at radius 1 is 0.710 bits per heavy atom. The van der Waals surface area contributed by atoms with Gasteiger partial charge >= 0.3 is 17.9 Å². The molecule has 0 aromatic heterocycles. The zero-order valence-electron chi connectivity index (χ0n) is 20.1. The highest BCUT2D eigenvalue weighted by Gasteiger charge is 2.47. The van der Waals surface area contributed by atoms with Crippen molar-refractivity contribution in [3.05, 3.63) is 0 Å². The van der Waals surface area contributed by atoms with E-state index in [4.69, 9.17) is 14.2 Å². The largest absolute Gasteiger partial charge is 0.465 e. The first-order valence-electron chi connectivity index (χ1n) is 10.1. The SMILES string of the molecule is CC(C)(C)COC(=O)CC(C(=O)OCC(C)(C)C)C(C(=O)OCC(C)(C)C)S(=O)(=O)O. The Labute approximate surface area is 185 Å². The van der Waals surface area contributed by atoms with Crippen molar-refractivity contribution in [3.63, 3.8) is 0 Å². The van der Waals surface area contributed by atoms with Crippen molar-refractivity contribution in [2.75, 3.05) is 19.8 Å². The van der Waals surface area contributed by atoms with Crippen LogP contribution < -0.4 is 0 Å². The molecule has 9 nitrogen and oxygen atoms in total. The lowest BCUT2D eigenvalue weighted by Crippen LogP contribution is -2.45. The van der Waals surface area contributed by atoms with Crippen LogP contribution in [0, 0.1) is 22.2 Å². The first-order valence-corrected chi connectivity index (χ1v) is 11.6. The molecule has 0 saturated carbocycles. The molecule has 0 rings (SSSR count). The van der Waals surface area contributed by atoms with Gasteiger partial charge in [-0.3, -0.25) is 18.9 Å². The van der Waals surface area contributed by atoms with Crippen LogP contribution in [0.4, 0.5) is 0 Å². The summed E-state index contributed by atoms with van der Waals surface area (Å²) in [5.74, 6) is -5.17. The smallest absolute Gasteiger partial charge is 0.327 e. The Kier molecular flexibility index (Phi) is 10.2. The maximum absolute atomic E-state index is 12.7. The summed E-state index contributed by atoms with van der Waals surface area (Å²) in [7, 11) is -5.10. The number of ether oxygens (including phenoxy) is 3. The van der Waals surface area contributed by atoms with E-state index >= 15 is 0 Å². The lowest BCUT2D eigenvalue weighted by atomic mass is 9.97. The predicted molar refractivity (Wildman–Crippen MR) is 115 cm³/mol. The van der Waals surface area contributed by atoms with Crippen molar-refractivity contribution in [3.8, 4) is 0 Å². The molecule has 0 aliphatic heterocycles. The molecule has 0 aliphatic rings. The Balaban J connectivity index is 5.86. The number of hydrogen-bond acceptors (Lipinski definition) is 8. The van der Waals surface area contributed by atoms with E-state index in [9.17, 15) is 27.4 Å². The quantitative estimate of drug-likeness (QED) is 0.309. The summed E-state index contributed by atoms with van der Waals surface area (Å²) in [5.41, 5.74) is -1.31. The lowest BCUT2D eigenvalue weighted by molar-refractivity contribution is -0.162. The molecule has 31 heavy (non-hydrogen) atoms. The molecule has 1 N–H and O–H groups in total. The molecule has 10 heteroatoms. The second-order valence-corrected chi connectivity index (χ2v) is 12.8. The summed E-state index contributed by atoms with van der Waals surface area (Å²) in [6, 6.07) is 0. The lowest BCUT2D eigenvalue weighted by Gasteiger charge is -2.26. The maximum atomic E-state index is 12.7. The molecule has 0 fully saturated rings. The number of carbonyl (C=O) groups excluding carboxylic acids is 3. The first-order chi connectivity index (χ1) is 13.6. The van der Waals surface area contributed by atoms with Crippen LogP contribution in [0.3, 0.4) is 0 Å². The Bertz CT molecular complexity index is 734. The fourth-order valence-corrected chi connectivity index (χ4v) is 3.04. The van der Waals surface area contributed by atoms with Gasteiger partial charge < -0.3 is 14.2 Å². The highest BCUT2D eigenvalue weighted by atomic mass is 32.2. The van der Waals surface area contributed by atoms with E-state index in [-0.39, 0.29) is 25.2 Å². The first kappa shape index (κ1) is 29.3. The normalized spacial score (nSPS) is 15.0. The minimum Gasteiger partial charge on any atom is -0.465 e. The molecule has 0 amide bonds. The summed E-state index contributed by atoms with van der Waals surface area (Å²) in [6.45, 7) is 15.8. The zero-order chi connectivity index (χ0) is 24.8. The van der Waals surface area contributed by atoms with Crippen LogP contribution in [0.2, 0.25) is 0 Å². The highest BCUT2D eigenvalue weighted by molar-refractivity contribution is 7.87. The summed E-state index contributed by atoms with van der Waals surface area (Å²) in [6.07, 6.45) is -0.770. The number of esters is 3. The second-order valence-electron chi connectivity index (χ2n) is 11.3. The molecule has 0 aromatic rings. The molecular formula is C21H38O9S. The van der Waals surface area contributed by atoms with Crippen LogP contribution in [0.1, 0.15) is 68.7 Å². The fourth-order valence-electron chi connectivity index (χ4n) is 2.11. The predicted octanol–water partition coefficient (Wildman–Crippen LogP) is 3.02. The van der Waals surface area contributed by atoms with Crippen LogP contribution >= 0.6 is 0 Å². The van der Waals surface area contributed by atoms with Crippen LogP contribution in [0.15, 0.2) is 0 Å². The molecule has 0 heterocycles. The molecule has 2 unspecified atom stereocenters. The van der Waals surface area contributed by atoms with Gasteiger partial charge in [-0.1, -0.05) is 62.3 Å². The Morgan fingerprint density at radius 3 is 1.42 bits per heavy atom. The third kappa shape index (κ3) is 13.4. The van der Waals surface area contributed by atoms with Gasteiger partial charge in [0.25, 0.3) is 10.1 Å². The van der Waals surface area contributed by atoms with Gasteiger partial charge in [-0.2, -0.15) is 8.42 Å². The van der Waals surface area contributed by atoms with Crippen LogP contribution in [0.25, 0.3) is 0 Å². The minimum absolute atomic E-state index is 0.0145. The van der Waals surface area contributed by atoms with E-state index < -0.39 is 56.4 Å². The van der Waals surface area contributed by atoms with Crippen molar-refractivity contribution < 1.29 is 41.6 Å². The molecule has 0 aromatic carbocycles. The molecule has 0 aliphatic carbocycles. The van der Waals surface area contributed by atoms with E-state index in [2.05, 4.69) is 0 Å². The summed E-state index contributed by atoms with van der Waals surface area (Å²) >= 11 is 0. The molecule has 0 spiro atoms. The number of rotatable bonds is 9. The van der Waals surface area contributed by atoms with E-state index in [1.807, 2.05) is 20.8 Å². The van der Waals surface area contributed by atoms with Crippen molar-refractivity contribution in [1.29, 1.82) is 0 Å². The van der Waals surface area contributed by atoms with Crippen molar-refractivity contribution in [1.82, 2.24) is 0 Å². The van der Waals surface area contributed by atoms with E-state index in [0.29, 0.717) is 0 Å². The topological polar surface area (TPSA) is 133 Å². The number of carbonyl (C=O) groups is 3. The Morgan fingerprint density at radius 2 is 1.06 bits per heavy atom. The van der Waals surface area contributed by atoms with Crippen molar-refractivity contribution in [2.45, 2.75) is 74.0 Å². The van der Waals surface area contributed by atoms with Crippen molar-refractivity contribution >= 4 is 28.0 Å². The molecule has 0 radical (unpaired) electrons. The molecule has 2 atom stereocenters. The fraction of sp³-hybridized carbons (Fsp3) is 0.857. The van der Waals surface area contributed by atoms with Gasteiger partial charge in [-0.05, 0) is 16.2 Å². The monoisotopic (exact) mass is 466 g/mol. The average molecular weight is 467 g/mol. The van der Waals surface area contributed by atoms with Gasteiger partial charge in [0.05, 0.1) is 32.2 Å². The van der Waals surface area contributed by atoms with Gasteiger partial charge in [0.2, 0.25) is 0 Å². The maximum Gasteiger partial charge on any atom is 0.327 e. The van der Waals surface area contributed by atoms with Crippen molar-refractivity contribution in [2.24, 2.45) is 22.2 Å². The van der Waals surface area contributed by atoms with Gasteiger partial charge in [-0.15, -0.1) is 0 Å². The standard InChI is InChI=1S/C21H38O9S/c1-19(2,3)11-28-15(22)10-14(17(23)29-12-20(4,5)6)16(31(25,26)27)18(24)30-13-21(7,8)9/h14,16H,10-13H2,1-9H3,(H,25,26,27). The van der Waals surface area contributed by atoms with E-state index in [0.717, 1.165) is 0 Å². The second kappa shape index (κ2) is 10.8.